The summed E-state index contributed by atoms with van der Waals surface area (Å²) in [4.78, 5) is 2.27. The molecule has 1 aromatic rings. The lowest BCUT2D eigenvalue weighted by Crippen LogP contribution is -2.58. The predicted molar refractivity (Wildman–Crippen MR) is 69.3 cm³/mol. The van der Waals surface area contributed by atoms with Gasteiger partial charge in [0.1, 0.15) is 5.82 Å². The van der Waals surface area contributed by atoms with E-state index in [-0.39, 0.29) is 17.5 Å². The summed E-state index contributed by atoms with van der Waals surface area (Å²) >= 11 is 0. The molecule has 2 N–H and O–H groups in total. The summed E-state index contributed by atoms with van der Waals surface area (Å²) in [7, 11) is 0. The summed E-state index contributed by atoms with van der Waals surface area (Å²) in [5, 5.41) is 0. The van der Waals surface area contributed by atoms with Crippen LogP contribution in [0.4, 0.5) is 10.1 Å². The van der Waals surface area contributed by atoms with Crippen LogP contribution in [-0.2, 0) is 11.2 Å². The normalized spacial score (nSPS) is 30.8. The lowest BCUT2D eigenvalue weighted by atomic mass is 9.89. The second kappa shape index (κ2) is 4.21. The van der Waals surface area contributed by atoms with Crippen molar-refractivity contribution in [1.82, 2.24) is 0 Å². The van der Waals surface area contributed by atoms with Gasteiger partial charge in [0.05, 0.1) is 11.6 Å². The smallest absolute Gasteiger partial charge is 0.125 e. The third kappa shape index (κ3) is 1.56. The first kappa shape index (κ1) is 11.9. The number of halogens is 1. The fraction of sp³-hybridized carbons (Fsp3) is 0.571. The Balaban J connectivity index is 2.02. The summed E-state index contributed by atoms with van der Waals surface area (Å²) < 4.78 is 19.2. The average Bonchev–Trinajstić information content (AvgIpc) is 2.93. The molecule has 3 rings (SSSR count). The molecule has 18 heavy (non-hydrogen) atoms. The minimum absolute atomic E-state index is 0.0942. The number of fused-ring (bicyclic) bond motifs is 1. The van der Waals surface area contributed by atoms with Crippen molar-refractivity contribution in [2.75, 3.05) is 24.6 Å². The standard InChI is InChI=1S/C14H19FN2O/c1-10-14(9-16,5-7-18-10)17-6-4-11-2-3-12(15)8-13(11)17/h2-3,8,10H,4-7,9,16H2,1H3. The van der Waals surface area contributed by atoms with E-state index in [2.05, 4.69) is 11.8 Å². The van der Waals surface area contributed by atoms with Crippen LogP contribution in [0.25, 0.3) is 0 Å². The molecule has 4 heteroatoms. The molecule has 1 saturated heterocycles. The van der Waals surface area contributed by atoms with E-state index < -0.39 is 0 Å². The minimum atomic E-state index is -0.181. The van der Waals surface area contributed by atoms with Gasteiger partial charge < -0.3 is 15.4 Å². The van der Waals surface area contributed by atoms with E-state index >= 15 is 0 Å². The quantitative estimate of drug-likeness (QED) is 0.868. The Morgan fingerprint density at radius 2 is 2.39 bits per heavy atom. The van der Waals surface area contributed by atoms with Crippen LogP contribution in [0.1, 0.15) is 18.9 Å². The number of benzene rings is 1. The largest absolute Gasteiger partial charge is 0.376 e. The van der Waals surface area contributed by atoms with Crippen molar-refractivity contribution < 1.29 is 9.13 Å². The van der Waals surface area contributed by atoms with Crippen molar-refractivity contribution in [2.45, 2.75) is 31.4 Å². The fourth-order valence-electron chi connectivity index (χ4n) is 3.32. The zero-order valence-corrected chi connectivity index (χ0v) is 10.7. The van der Waals surface area contributed by atoms with E-state index in [1.807, 2.05) is 6.07 Å². The molecule has 1 fully saturated rings. The maximum absolute atomic E-state index is 13.5. The fourth-order valence-corrected chi connectivity index (χ4v) is 3.32. The van der Waals surface area contributed by atoms with Gasteiger partial charge in [-0.3, -0.25) is 0 Å². The monoisotopic (exact) mass is 250 g/mol. The van der Waals surface area contributed by atoms with Crippen molar-refractivity contribution in [3.8, 4) is 0 Å². The summed E-state index contributed by atoms with van der Waals surface area (Å²) in [6.45, 7) is 4.25. The van der Waals surface area contributed by atoms with Crippen LogP contribution < -0.4 is 10.6 Å². The Morgan fingerprint density at radius 3 is 3.06 bits per heavy atom. The van der Waals surface area contributed by atoms with Crippen molar-refractivity contribution in [2.24, 2.45) is 5.73 Å². The van der Waals surface area contributed by atoms with Crippen molar-refractivity contribution in [3.63, 3.8) is 0 Å². The molecule has 2 unspecified atom stereocenters. The number of hydrogen-bond acceptors (Lipinski definition) is 3. The Hall–Kier alpha value is -1.13. The van der Waals surface area contributed by atoms with Gasteiger partial charge in [-0.15, -0.1) is 0 Å². The lowest BCUT2D eigenvalue weighted by molar-refractivity contribution is 0.0952. The molecule has 2 atom stereocenters. The molecule has 3 nitrogen and oxygen atoms in total. The van der Waals surface area contributed by atoms with Gasteiger partial charge in [-0.05, 0) is 37.5 Å². The molecule has 1 aromatic carbocycles. The first-order valence-corrected chi connectivity index (χ1v) is 6.55. The highest BCUT2D eigenvalue weighted by Crippen LogP contribution is 2.40. The van der Waals surface area contributed by atoms with Gasteiger partial charge in [0.25, 0.3) is 0 Å². The van der Waals surface area contributed by atoms with Gasteiger partial charge in [0.15, 0.2) is 0 Å². The first-order chi connectivity index (χ1) is 8.67. The predicted octanol–water partition coefficient (Wildman–Crippen LogP) is 1.69. The first-order valence-electron chi connectivity index (χ1n) is 6.55. The van der Waals surface area contributed by atoms with Crippen molar-refractivity contribution in [1.29, 1.82) is 0 Å². The average molecular weight is 250 g/mol. The van der Waals surface area contributed by atoms with E-state index in [1.54, 1.807) is 6.07 Å². The highest BCUT2D eigenvalue weighted by molar-refractivity contribution is 5.60. The molecule has 0 radical (unpaired) electrons. The van der Waals surface area contributed by atoms with Crippen LogP contribution in [0.2, 0.25) is 0 Å². The summed E-state index contributed by atoms with van der Waals surface area (Å²) in [5.41, 5.74) is 8.06. The van der Waals surface area contributed by atoms with E-state index in [0.29, 0.717) is 6.54 Å². The van der Waals surface area contributed by atoms with E-state index in [1.165, 1.54) is 11.6 Å². The number of ether oxygens (including phenoxy) is 1. The van der Waals surface area contributed by atoms with E-state index in [9.17, 15) is 4.39 Å². The van der Waals surface area contributed by atoms with Gasteiger partial charge in [-0.1, -0.05) is 6.07 Å². The third-order valence-corrected chi connectivity index (χ3v) is 4.49. The summed E-state index contributed by atoms with van der Waals surface area (Å²) in [6.07, 6.45) is 1.97. The topological polar surface area (TPSA) is 38.5 Å². The Kier molecular flexibility index (Phi) is 2.79. The SMILES string of the molecule is CC1OCCC1(CN)N1CCc2ccc(F)cc21. The summed E-state index contributed by atoms with van der Waals surface area (Å²) in [5.74, 6) is -0.181. The van der Waals surface area contributed by atoms with Crippen LogP contribution in [0.15, 0.2) is 18.2 Å². The van der Waals surface area contributed by atoms with Gasteiger partial charge in [-0.2, -0.15) is 0 Å². The molecule has 0 aliphatic carbocycles. The molecule has 0 aromatic heterocycles. The number of rotatable bonds is 2. The van der Waals surface area contributed by atoms with E-state index in [4.69, 9.17) is 10.5 Å². The van der Waals surface area contributed by atoms with Crippen LogP contribution in [-0.4, -0.2) is 31.3 Å². The van der Waals surface area contributed by atoms with Gasteiger partial charge in [0, 0.05) is 25.4 Å². The van der Waals surface area contributed by atoms with Crippen LogP contribution >= 0.6 is 0 Å². The molecule has 98 valence electrons. The van der Waals surface area contributed by atoms with Gasteiger partial charge in [-0.25, -0.2) is 4.39 Å². The Labute approximate surface area is 107 Å². The molecule has 0 saturated carbocycles. The van der Waals surface area contributed by atoms with Crippen LogP contribution in [0, 0.1) is 5.82 Å². The van der Waals surface area contributed by atoms with Crippen molar-refractivity contribution in [3.05, 3.63) is 29.6 Å². The van der Waals surface area contributed by atoms with Crippen LogP contribution in [0.5, 0.6) is 0 Å². The lowest BCUT2D eigenvalue weighted by Gasteiger charge is -2.42. The molecule has 0 spiro atoms. The minimum Gasteiger partial charge on any atom is -0.376 e. The van der Waals surface area contributed by atoms with Gasteiger partial charge in [0.2, 0.25) is 0 Å². The second-order valence-electron chi connectivity index (χ2n) is 5.25. The molecule has 0 amide bonds. The maximum Gasteiger partial charge on any atom is 0.125 e. The molecular weight excluding hydrogens is 231 g/mol. The molecular formula is C14H19FN2O. The number of anilines is 1. The highest BCUT2D eigenvalue weighted by atomic mass is 19.1. The Bertz CT molecular complexity index is 465. The second-order valence-corrected chi connectivity index (χ2v) is 5.25. The molecule has 2 aliphatic rings. The maximum atomic E-state index is 13.5. The zero-order valence-electron chi connectivity index (χ0n) is 10.7. The van der Waals surface area contributed by atoms with Crippen molar-refractivity contribution >= 4 is 5.69 Å². The summed E-state index contributed by atoms with van der Waals surface area (Å²) in [6, 6.07) is 5.05. The zero-order chi connectivity index (χ0) is 12.8. The third-order valence-electron chi connectivity index (χ3n) is 4.49. The molecule has 0 bridgehead atoms. The molecule has 2 heterocycles. The number of nitrogens with zero attached hydrogens (tertiary/aromatic N) is 1. The van der Waals surface area contributed by atoms with E-state index in [0.717, 1.165) is 31.7 Å². The van der Waals surface area contributed by atoms with Gasteiger partial charge >= 0.3 is 0 Å². The highest BCUT2D eigenvalue weighted by Gasteiger charge is 2.47. The molecule has 2 aliphatic heterocycles. The Morgan fingerprint density at radius 1 is 1.56 bits per heavy atom. The number of hydrogen-bond donors (Lipinski definition) is 1. The number of nitrogens with two attached hydrogens (primary N) is 1. The van der Waals surface area contributed by atoms with Crippen LogP contribution in [0.3, 0.4) is 0 Å².